The number of benzene rings is 1. The van der Waals surface area contributed by atoms with Crippen LogP contribution in [-0.4, -0.2) is 50.9 Å². The number of nitrogens with zero attached hydrogens (tertiary/aromatic N) is 1. The summed E-state index contributed by atoms with van der Waals surface area (Å²) in [5.41, 5.74) is -0.501. The van der Waals surface area contributed by atoms with Crippen molar-refractivity contribution < 1.29 is 14.3 Å². The van der Waals surface area contributed by atoms with Gasteiger partial charge in [-0.2, -0.15) is 0 Å². The zero-order chi connectivity index (χ0) is 18.7. The molecule has 1 rings (SSSR count). The molecule has 0 heterocycles. The smallest absolute Gasteiger partial charge is 0.407 e. The highest BCUT2D eigenvalue weighted by Gasteiger charge is 2.15. The summed E-state index contributed by atoms with van der Waals surface area (Å²) in [6, 6.07) is 7.19. The van der Waals surface area contributed by atoms with Gasteiger partial charge in [0.25, 0.3) is 0 Å². The maximum absolute atomic E-state index is 11.5. The zero-order valence-corrected chi connectivity index (χ0v) is 18.7. The first-order valence-corrected chi connectivity index (χ1v) is 8.47. The van der Waals surface area contributed by atoms with Crippen LogP contribution < -0.4 is 20.7 Å². The van der Waals surface area contributed by atoms with E-state index in [0.29, 0.717) is 37.2 Å². The summed E-state index contributed by atoms with van der Waals surface area (Å²) >= 11 is 5.82. The topological polar surface area (TPSA) is 84.0 Å². The Bertz CT molecular complexity index is 562. The minimum Gasteiger partial charge on any atom is -0.492 e. The van der Waals surface area contributed by atoms with E-state index >= 15 is 0 Å². The molecule has 0 radical (unpaired) electrons. The fourth-order valence-electron chi connectivity index (χ4n) is 1.75. The maximum atomic E-state index is 11.5. The third-order valence-corrected chi connectivity index (χ3v) is 3.04. The number of alkyl carbamates (subject to hydrolysis) is 1. The molecule has 7 nitrogen and oxygen atoms in total. The second-order valence-corrected chi connectivity index (χ2v) is 6.59. The molecule has 0 atom stereocenters. The van der Waals surface area contributed by atoms with Crippen LogP contribution in [0.3, 0.4) is 0 Å². The number of carbonyl (C=O) groups is 1. The summed E-state index contributed by atoms with van der Waals surface area (Å²) in [7, 11) is 1.68. The Kier molecular flexibility index (Phi) is 12.2. The number of nitrogens with one attached hydrogen (secondary N) is 3. The van der Waals surface area contributed by atoms with E-state index in [9.17, 15) is 4.79 Å². The van der Waals surface area contributed by atoms with Crippen LogP contribution in [0.1, 0.15) is 20.8 Å². The number of ether oxygens (including phenoxy) is 2. The van der Waals surface area contributed by atoms with Crippen molar-refractivity contribution in [3.05, 3.63) is 29.3 Å². The number of aliphatic imine (C=N–C) groups is 1. The molecule has 1 aromatic carbocycles. The minimum atomic E-state index is -0.501. The van der Waals surface area contributed by atoms with Gasteiger partial charge in [0.15, 0.2) is 5.96 Å². The van der Waals surface area contributed by atoms with Crippen LogP contribution in [0.15, 0.2) is 29.3 Å². The van der Waals surface area contributed by atoms with Gasteiger partial charge in [-0.15, -0.1) is 24.0 Å². The summed E-state index contributed by atoms with van der Waals surface area (Å²) in [5.74, 6) is 1.39. The van der Waals surface area contributed by atoms with Gasteiger partial charge in [-0.25, -0.2) is 4.79 Å². The second kappa shape index (κ2) is 12.9. The van der Waals surface area contributed by atoms with E-state index in [1.807, 2.05) is 32.9 Å². The van der Waals surface area contributed by atoms with Crippen molar-refractivity contribution in [2.75, 3.05) is 33.3 Å². The van der Waals surface area contributed by atoms with Crippen LogP contribution in [0, 0.1) is 0 Å². The van der Waals surface area contributed by atoms with Crippen LogP contribution in [0.25, 0.3) is 0 Å². The average Bonchev–Trinajstić information content (AvgIpc) is 2.53. The molecular weight excluding hydrogens is 471 g/mol. The van der Waals surface area contributed by atoms with Crippen molar-refractivity contribution in [1.29, 1.82) is 0 Å². The number of carbonyl (C=O) groups excluding carboxylic acids is 1. The average molecular weight is 499 g/mol. The summed E-state index contributed by atoms with van der Waals surface area (Å²) in [5, 5.41) is 9.56. The Morgan fingerprint density at radius 2 is 1.65 bits per heavy atom. The third-order valence-electron chi connectivity index (χ3n) is 2.79. The van der Waals surface area contributed by atoms with E-state index in [1.165, 1.54) is 0 Å². The standard InChI is InChI=1S/C17H27ClN4O3.HI/c1-17(2,3)25-16(23)22-10-9-20-15(19-4)21-11-12-24-14-7-5-13(18)6-8-14;/h5-8H,9-12H2,1-4H3,(H,22,23)(H2,19,20,21);1H. The molecule has 1 aromatic rings. The number of hydrogen-bond acceptors (Lipinski definition) is 4. The molecule has 148 valence electrons. The van der Waals surface area contributed by atoms with Gasteiger partial charge < -0.3 is 25.4 Å². The molecule has 0 aliphatic heterocycles. The first-order chi connectivity index (χ1) is 11.8. The normalized spacial score (nSPS) is 11.2. The van der Waals surface area contributed by atoms with Gasteiger partial charge in [0.05, 0.1) is 6.54 Å². The minimum absolute atomic E-state index is 0. The highest BCUT2D eigenvalue weighted by Crippen LogP contribution is 2.15. The lowest BCUT2D eigenvalue weighted by molar-refractivity contribution is 0.0529. The molecule has 0 saturated carbocycles. The summed E-state index contributed by atoms with van der Waals surface area (Å²) in [4.78, 5) is 15.6. The van der Waals surface area contributed by atoms with Gasteiger partial charge in [0.1, 0.15) is 18.0 Å². The predicted molar refractivity (Wildman–Crippen MR) is 116 cm³/mol. The van der Waals surface area contributed by atoms with E-state index in [-0.39, 0.29) is 24.0 Å². The highest BCUT2D eigenvalue weighted by molar-refractivity contribution is 14.0. The molecule has 1 amide bonds. The lowest BCUT2D eigenvalue weighted by atomic mass is 10.2. The van der Waals surface area contributed by atoms with Gasteiger partial charge in [0.2, 0.25) is 0 Å². The van der Waals surface area contributed by atoms with E-state index in [4.69, 9.17) is 21.1 Å². The van der Waals surface area contributed by atoms with Crippen molar-refractivity contribution >= 4 is 47.6 Å². The Morgan fingerprint density at radius 3 is 2.23 bits per heavy atom. The first kappa shape index (κ1) is 24.6. The summed E-state index contributed by atoms with van der Waals surface area (Å²) in [6.45, 7) is 7.49. The number of guanidine groups is 1. The molecular formula is C17H28ClIN4O3. The molecule has 0 fully saturated rings. The van der Waals surface area contributed by atoms with Gasteiger partial charge in [-0.05, 0) is 45.0 Å². The van der Waals surface area contributed by atoms with Crippen LogP contribution in [0.4, 0.5) is 4.79 Å². The van der Waals surface area contributed by atoms with Crippen molar-refractivity contribution in [3.63, 3.8) is 0 Å². The molecule has 0 unspecified atom stereocenters. The van der Waals surface area contributed by atoms with Crippen LogP contribution in [0.5, 0.6) is 5.75 Å². The Balaban J connectivity index is 0.00000625. The molecule has 0 bridgehead atoms. The van der Waals surface area contributed by atoms with Crippen molar-refractivity contribution in [2.45, 2.75) is 26.4 Å². The van der Waals surface area contributed by atoms with Gasteiger partial charge in [-0.1, -0.05) is 11.6 Å². The fourth-order valence-corrected chi connectivity index (χ4v) is 1.88. The monoisotopic (exact) mass is 498 g/mol. The summed E-state index contributed by atoms with van der Waals surface area (Å²) < 4.78 is 10.7. The molecule has 0 saturated heterocycles. The van der Waals surface area contributed by atoms with E-state index in [2.05, 4.69) is 20.9 Å². The number of halogens is 2. The number of amides is 1. The van der Waals surface area contributed by atoms with E-state index in [0.717, 1.165) is 5.75 Å². The molecule has 9 heteroatoms. The predicted octanol–water partition coefficient (Wildman–Crippen LogP) is 3.03. The number of rotatable bonds is 7. The largest absolute Gasteiger partial charge is 0.492 e. The van der Waals surface area contributed by atoms with Crippen molar-refractivity contribution in [2.24, 2.45) is 4.99 Å². The van der Waals surface area contributed by atoms with Crippen LogP contribution in [-0.2, 0) is 4.74 Å². The molecule has 0 spiro atoms. The Hall–Kier alpha value is -1.42. The summed E-state index contributed by atoms with van der Waals surface area (Å²) in [6.07, 6.45) is -0.436. The highest BCUT2D eigenvalue weighted by atomic mass is 127. The first-order valence-electron chi connectivity index (χ1n) is 8.10. The fraction of sp³-hybridized carbons (Fsp3) is 0.529. The van der Waals surface area contributed by atoms with Crippen molar-refractivity contribution in [3.8, 4) is 5.75 Å². The van der Waals surface area contributed by atoms with E-state index in [1.54, 1.807) is 19.2 Å². The van der Waals surface area contributed by atoms with Gasteiger partial charge in [0, 0.05) is 25.2 Å². The van der Waals surface area contributed by atoms with Crippen LogP contribution in [0.2, 0.25) is 5.02 Å². The molecule has 0 aliphatic carbocycles. The Morgan fingerprint density at radius 1 is 1.08 bits per heavy atom. The maximum Gasteiger partial charge on any atom is 0.407 e. The SMILES string of the molecule is CN=C(NCCNC(=O)OC(C)(C)C)NCCOc1ccc(Cl)cc1.I. The van der Waals surface area contributed by atoms with Crippen LogP contribution >= 0.6 is 35.6 Å². The zero-order valence-electron chi connectivity index (χ0n) is 15.6. The second-order valence-electron chi connectivity index (χ2n) is 6.16. The number of hydrogen-bond donors (Lipinski definition) is 3. The lowest BCUT2D eigenvalue weighted by Gasteiger charge is -2.19. The van der Waals surface area contributed by atoms with Gasteiger partial charge in [-0.3, -0.25) is 4.99 Å². The molecule has 26 heavy (non-hydrogen) atoms. The molecule has 0 aliphatic rings. The lowest BCUT2D eigenvalue weighted by Crippen LogP contribution is -2.43. The van der Waals surface area contributed by atoms with Crippen molar-refractivity contribution in [1.82, 2.24) is 16.0 Å². The van der Waals surface area contributed by atoms with E-state index < -0.39 is 11.7 Å². The quantitative estimate of drug-likeness (QED) is 0.233. The molecule has 0 aromatic heterocycles. The molecule has 3 N–H and O–H groups in total. The van der Waals surface area contributed by atoms with Gasteiger partial charge >= 0.3 is 6.09 Å². The third kappa shape index (κ3) is 12.0. The Labute approximate surface area is 177 Å².